The van der Waals surface area contributed by atoms with E-state index in [2.05, 4.69) is 21.9 Å². The zero-order chi connectivity index (χ0) is 24.8. The third-order valence-electron chi connectivity index (χ3n) is 6.19. The summed E-state index contributed by atoms with van der Waals surface area (Å²) in [5, 5.41) is 13.2. The van der Waals surface area contributed by atoms with Crippen LogP contribution in [0.15, 0.2) is 49.4 Å². The summed E-state index contributed by atoms with van der Waals surface area (Å²) in [6.07, 6.45) is 6.06. The molecule has 8 nitrogen and oxygen atoms in total. The smallest absolute Gasteiger partial charge is 0.246 e. The summed E-state index contributed by atoms with van der Waals surface area (Å²) in [7, 11) is 1.82. The van der Waals surface area contributed by atoms with Crippen molar-refractivity contribution >= 4 is 23.4 Å². The topological polar surface area (TPSA) is 98.7 Å². The maximum absolute atomic E-state index is 13.3. The van der Waals surface area contributed by atoms with Gasteiger partial charge in [0.2, 0.25) is 11.8 Å². The lowest BCUT2D eigenvalue weighted by atomic mass is 10.0. The summed E-state index contributed by atoms with van der Waals surface area (Å²) >= 11 is 6.13. The van der Waals surface area contributed by atoms with E-state index >= 15 is 0 Å². The number of hydrogen-bond acceptors (Lipinski definition) is 6. The van der Waals surface area contributed by atoms with E-state index in [4.69, 9.17) is 11.6 Å². The van der Waals surface area contributed by atoms with Crippen LogP contribution in [0.3, 0.4) is 0 Å². The quantitative estimate of drug-likeness (QED) is 0.566. The molecule has 0 spiro atoms. The van der Waals surface area contributed by atoms with Crippen LogP contribution in [0.2, 0.25) is 5.15 Å². The van der Waals surface area contributed by atoms with E-state index < -0.39 is 12.1 Å². The van der Waals surface area contributed by atoms with Gasteiger partial charge in [-0.2, -0.15) is 0 Å². The van der Waals surface area contributed by atoms with Gasteiger partial charge in [0, 0.05) is 31.5 Å². The number of rotatable bonds is 9. The van der Waals surface area contributed by atoms with E-state index in [1.165, 1.54) is 6.20 Å². The first-order chi connectivity index (χ1) is 16.3. The van der Waals surface area contributed by atoms with Crippen molar-refractivity contribution in [3.8, 4) is 11.3 Å². The van der Waals surface area contributed by atoms with Gasteiger partial charge in [0.25, 0.3) is 0 Å². The van der Waals surface area contributed by atoms with Gasteiger partial charge >= 0.3 is 0 Å². The predicted octanol–water partition coefficient (Wildman–Crippen LogP) is 3.04. The van der Waals surface area contributed by atoms with Crippen molar-refractivity contribution in [2.45, 2.75) is 44.8 Å². The molecule has 1 aromatic heterocycles. The number of carbonyl (C=O) groups excluding carboxylic acids is 2. The van der Waals surface area contributed by atoms with Crippen LogP contribution < -0.4 is 5.32 Å². The van der Waals surface area contributed by atoms with E-state index in [9.17, 15) is 14.7 Å². The van der Waals surface area contributed by atoms with Gasteiger partial charge in [-0.05, 0) is 30.5 Å². The summed E-state index contributed by atoms with van der Waals surface area (Å²) in [6, 6.07) is 5.71. The van der Waals surface area contributed by atoms with Crippen LogP contribution in [0.25, 0.3) is 11.3 Å². The maximum Gasteiger partial charge on any atom is 0.246 e. The van der Waals surface area contributed by atoms with Gasteiger partial charge in [-0.3, -0.25) is 14.6 Å². The highest BCUT2D eigenvalue weighted by Gasteiger charge is 2.39. The Morgan fingerprint density at radius 2 is 1.97 bits per heavy atom. The SMILES string of the molecule is C=CN(C)[C@H](C(=O)N1CCC[C@H]1C(=O)N[C@@H](CO)c1ccc(-c2nccnc2Cl)cc1)C(C)C. The van der Waals surface area contributed by atoms with Gasteiger partial charge in [-0.15, -0.1) is 0 Å². The minimum absolute atomic E-state index is 0.0614. The molecule has 182 valence electrons. The molecule has 34 heavy (non-hydrogen) atoms. The molecular weight excluding hydrogens is 454 g/mol. The minimum Gasteiger partial charge on any atom is -0.394 e. The molecule has 0 radical (unpaired) electrons. The van der Waals surface area contributed by atoms with Crippen LogP contribution in [-0.2, 0) is 9.59 Å². The molecule has 1 aliphatic rings. The molecule has 2 heterocycles. The molecule has 0 saturated carbocycles. The molecule has 3 rings (SSSR count). The Kier molecular flexibility index (Phi) is 8.63. The molecule has 2 amide bonds. The second-order valence-corrected chi connectivity index (χ2v) is 9.15. The number of benzene rings is 1. The van der Waals surface area contributed by atoms with Gasteiger partial charge in [-0.25, -0.2) is 4.98 Å². The standard InChI is InChI=1S/C25H32ClN5O3/c1-5-30(4)22(16(2)3)25(34)31-14-6-7-20(31)24(33)29-19(15-32)17-8-10-18(11-9-17)21-23(26)28-13-12-27-21/h5,8-13,16,19-20,22,32H,1,6-7,14-15H2,2-4H3,(H,29,33)/t19-,20-,22-/m0/s1. The second-order valence-electron chi connectivity index (χ2n) is 8.79. The molecule has 0 aliphatic carbocycles. The van der Waals surface area contributed by atoms with Crippen LogP contribution >= 0.6 is 11.6 Å². The van der Waals surface area contributed by atoms with E-state index in [0.717, 1.165) is 17.5 Å². The fraction of sp³-hybridized carbons (Fsp3) is 0.440. The number of nitrogens with zero attached hydrogens (tertiary/aromatic N) is 4. The maximum atomic E-state index is 13.3. The average Bonchev–Trinajstić information content (AvgIpc) is 3.33. The second kappa shape index (κ2) is 11.4. The average molecular weight is 486 g/mol. The molecule has 1 fully saturated rings. The first-order valence-electron chi connectivity index (χ1n) is 11.4. The summed E-state index contributed by atoms with van der Waals surface area (Å²) in [5.74, 6) is -0.290. The van der Waals surface area contributed by atoms with Gasteiger partial charge in [0.15, 0.2) is 5.15 Å². The van der Waals surface area contributed by atoms with Gasteiger partial charge in [0.05, 0.1) is 12.6 Å². The fourth-order valence-corrected chi connectivity index (χ4v) is 4.62. The lowest BCUT2D eigenvalue weighted by Gasteiger charge is -2.35. The molecule has 2 N–H and O–H groups in total. The zero-order valence-electron chi connectivity index (χ0n) is 19.8. The van der Waals surface area contributed by atoms with Crippen LogP contribution in [0.4, 0.5) is 0 Å². The number of likely N-dealkylation sites (tertiary alicyclic amines) is 1. The van der Waals surface area contributed by atoms with E-state index in [0.29, 0.717) is 23.8 Å². The highest BCUT2D eigenvalue weighted by atomic mass is 35.5. The van der Waals surface area contributed by atoms with Crippen molar-refractivity contribution in [2.75, 3.05) is 20.2 Å². The molecule has 3 atom stereocenters. The number of halogens is 1. The van der Waals surface area contributed by atoms with Crippen molar-refractivity contribution in [3.05, 3.63) is 60.2 Å². The molecule has 2 aromatic rings. The highest BCUT2D eigenvalue weighted by Crippen LogP contribution is 2.26. The Balaban J connectivity index is 1.73. The number of hydrogen-bond donors (Lipinski definition) is 2. The molecule has 1 aliphatic heterocycles. The molecule has 1 saturated heterocycles. The molecule has 0 unspecified atom stereocenters. The van der Waals surface area contributed by atoms with Crippen LogP contribution in [0, 0.1) is 5.92 Å². The van der Waals surface area contributed by atoms with Crippen molar-refractivity contribution in [1.82, 2.24) is 25.1 Å². The lowest BCUT2D eigenvalue weighted by molar-refractivity contribution is -0.143. The molecule has 1 aromatic carbocycles. The first-order valence-corrected chi connectivity index (χ1v) is 11.8. The Labute approximate surface area is 205 Å². The summed E-state index contributed by atoms with van der Waals surface area (Å²) < 4.78 is 0. The Hall–Kier alpha value is -2.97. The molecule has 9 heteroatoms. The number of amides is 2. The third kappa shape index (κ3) is 5.56. The van der Waals surface area contributed by atoms with Crippen molar-refractivity contribution < 1.29 is 14.7 Å². The normalized spacial score (nSPS) is 17.4. The summed E-state index contributed by atoms with van der Waals surface area (Å²) in [5.41, 5.74) is 2.08. The van der Waals surface area contributed by atoms with Crippen LogP contribution in [0.5, 0.6) is 0 Å². The van der Waals surface area contributed by atoms with Crippen molar-refractivity contribution in [2.24, 2.45) is 5.92 Å². The number of aromatic nitrogens is 2. The number of aliphatic hydroxyl groups excluding tert-OH is 1. The number of carbonyl (C=O) groups is 2. The predicted molar refractivity (Wildman–Crippen MR) is 132 cm³/mol. The van der Waals surface area contributed by atoms with Gasteiger partial charge in [0.1, 0.15) is 17.8 Å². The number of aliphatic hydroxyl groups is 1. The van der Waals surface area contributed by atoms with Gasteiger partial charge < -0.3 is 20.2 Å². The van der Waals surface area contributed by atoms with Crippen molar-refractivity contribution in [1.29, 1.82) is 0 Å². The fourth-order valence-electron chi connectivity index (χ4n) is 4.41. The lowest BCUT2D eigenvalue weighted by Crippen LogP contribution is -2.54. The largest absolute Gasteiger partial charge is 0.394 e. The molecule has 0 bridgehead atoms. The van der Waals surface area contributed by atoms with Gasteiger partial charge in [-0.1, -0.05) is 56.3 Å². The Morgan fingerprint density at radius 1 is 1.29 bits per heavy atom. The molecular formula is C25H32ClN5O3. The Bertz CT molecular complexity index is 1010. The number of likely N-dealkylation sites (N-methyl/N-ethyl adjacent to an activating group) is 1. The Morgan fingerprint density at radius 3 is 2.56 bits per heavy atom. The van der Waals surface area contributed by atoms with E-state index in [1.54, 1.807) is 22.2 Å². The van der Waals surface area contributed by atoms with E-state index in [-0.39, 0.29) is 30.4 Å². The van der Waals surface area contributed by atoms with Crippen LogP contribution in [0.1, 0.15) is 38.3 Å². The third-order valence-corrected chi connectivity index (χ3v) is 6.47. The number of nitrogens with one attached hydrogen (secondary N) is 1. The summed E-state index contributed by atoms with van der Waals surface area (Å²) in [6.45, 7) is 7.99. The van der Waals surface area contributed by atoms with Crippen LogP contribution in [-0.4, -0.2) is 69.0 Å². The first kappa shape index (κ1) is 25.6. The van der Waals surface area contributed by atoms with E-state index in [1.807, 2.05) is 45.2 Å². The summed E-state index contributed by atoms with van der Waals surface area (Å²) in [4.78, 5) is 38.2. The van der Waals surface area contributed by atoms with Crippen molar-refractivity contribution in [3.63, 3.8) is 0 Å². The minimum atomic E-state index is -0.604. The highest BCUT2D eigenvalue weighted by molar-refractivity contribution is 6.31. The monoisotopic (exact) mass is 485 g/mol. The zero-order valence-corrected chi connectivity index (χ0v) is 20.6.